The summed E-state index contributed by atoms with van der Waals surface area (Å²) < 4.78 is 92.9. The first kappa shape index (κ1) is 27.5. The molecule has 0 bridgehead atoms. The summed E-state index contributed by atoms with van der Waals surface area (Å²) in [5.74, 6) is -4.54. The van der Waals surface area contributed by atoms with Gasteiger partial charge in [0.1, 0.15) is 41.3 Å². The zero-order valence-corrected chi connectivity index (χ0v) is 21.2. The van der Waals surface area contributed by atoms with Crippen LogP contribution in [-0.2, 0) is 6.11 Å². The van der Waals surface area contributed by atoms with Crippen LogP contribution in [0.3, 0.4) is 0 Å². The van der Waals surface area contributed by atoms with Crippen LogP contribution in [0.1, 0.15) is 29.8 Å². The number of hydrogen-bond acceptors (Lipinski definition) is 4. The average Bonchev–Trinajstić information content (AvgIpc) is 2.93. The van der Waals surface area contributed by atoms with E-state index in [-0.39, 0.29) is 27.8 Å². The van der Waals surface area contributed by atoms with E-state index in [9.17, 15) is 26.3 Å². The largest absolute Gasteiger partial charge is 0.429 e. The molecule has 1 N–H and O–H groups in total. The summed E-state index contributed by atoms with van der Waals surface area (Å²) in [6.07, 6.45) is -1.33. The fraction of sp³-hybridized carbons (Fsp3) is 0.0968. The summed E-state index contributed by atoms with van der Waals surface area (Å²) in [4.78, 5) is 4.27. The van der Waals surface area contributed by atoms with E-state index in [2.05, 4.69) is 15.0 Å². The van der Waals surface area contributed by atoms with Crippen molar-refractivity contribution < 1.29 is 31.1 Å². The Kier molecular flexibility index (Phi) is 7.28. The van der Waals surface area contributed by atoms with Crippen LogP contribution in [0.25, 0.3) is 22.3 Å². The molecule has 1 heterocycles. The average molecular weight is 564 g/mol. The van der Waals surface area contributed by atoms with E-state index in [1.807, 2.05) is 6.92 Å². The molecule has 1 atom stereocenters. The maximum Gasteiger partial charge on any atom is 0.429 e. The molecule has 4 aromatic carbocycles. The molecular weight excluding hydrogens is 544 g/mol. The SMILES string of the molecule is CC1=CNC(c2ccc(-c3ccc(C(F)(F)Oc4ccc(-c5ccc(C#N)c(F)c5)c(F)c4)c(F)c3)c(F)c2)N=C1. The Hall–Kier alpha value is -5.04. The predicted octanol–water partition coefficient (Wildman–Crippen LogP) is 8.15. The van der Waals surface area contributed by atoms with E-state index in [0.29, 0.717) is 11.6 Å². The highest BCUT2D eigenvalue weighted by Gasteiger charge is 2.38. The monoisotopic (exact) mass is 563 g/mol. The molecule has 10 heteroatoms. The van der Waals surface area contributed by atoms with Crippen molar-refractivity contribution in [3.63, 3.8) is 0 Å². The molecule has 4 nitrogen and oxygen atoms in total. The standard InChI is InChI=1S/C31H19F6N3O/c1-17-15-39-30(40-16-17)20-4-7-23(27(33)12-20)19-5-9-25(29(35)11-19)31(36,37)41-22-6-8-24(28(34)13-22)18-2-3-21(14-38)26(32)10-18/h2-13,15-16,30,39H,1H3. The van der Waals surface area contributed by atoms with Crippen LogP contribution in [0.15, 0.2) is 89.6 Å². The first-order valence-corrected chi connectivity index (χ1v) is 12.2. The third-order valence-corrected chi connectivity index (χ3v) is 6.39. The Morgan fingerprint density at radius 3 is 2.05 bits per heavy atom. The van der Waals surface area contributed by atoms with Gasteiger partial charge >= 0.3 is 6.11 Å². The molecule has 1 aliphatic heterocycles. The highest BCUT2D eigenvalue weighted by atomic mass is 19.3. The quantitative estimate of drug-likeness (QED) is 0.241. The zero-order chi connectivity index (χ0) is 29.3. The third-order valence-electron chi connectivity index (χ3n) is 6.39. The topological polar surface area (TPSA) is 57.4 Å². The molecule has 5 rings (SSSR count). The van der Waals surface area contributed by atoms with Crippen molar-refractivity contribution in [2.75, 3.05) is 0 Å². The molecule has 41 heavy (non-hydrogen) atoms. The lowest BCUT2D eigenvalue weighted by atomic mass is 10.00. The van der Waals surface area contributed by atoms with E-state index in [1.165, 1.54) is 18.2 Å². The summed E-state index contributed by atoms with van der Waals surface area (Å²) in [6.45, 7) is 1.85. The van der Waals surface area contributed by atoms with Crippen molar-refractivity contribution in [3.8, 4) is 34.1 Å². The summed E-state index contributed by atoms with van der Waals surface area (Å²) in [5, 5.41) is 11.8. The summed E-state index contributed by atoms with van der Waals surface area (Å²) in [7, 11) is 0. The first-order chi connectivity index (χ1) is 19.6. The number of halogens is 6. The molecule has 1 aliphatic rings. The molecule has 0 aliphatic carbocycles. The van der Waals surface area contributed by atoms with Gasteiger partial charge < -0.3 is 10.1 Å². The normalized spacial score (nSPS) is 14.7. The van der Waals surface area contributed by atoms with Gasteiger partial charge in [-0.2, -0.15) is 14.0 Å². The smallest absolute Gasteiger partial charge is 0.429 e. The molecule has 4 aromatic rings. The van der Waals surface area contributed by atoms with Crippen LogP contribution in [0.5, 0.6) is 5.75 Å². The maximum absolute atomic E-state index is 14.9. The molecule has 1 unspecified atom stereocenters. The molecule has 0 aromatic heterocycles. The number of nitrogens with one attached hydrogen (secondary N) is 1. The first-order valence-electron chi connectivity index (χ1n) is 12.2. The molecule has 0 saturated heterocycles. The van der Waals surface area contributed by atoms with Crippen LogP contribution >= 0.6 is 0 Å². The van der Waals surface area contributed by atoms with Gasteiger partial charge in [-0.15, -0.1) is 0 Å². The summed E-state index contributed by atoms with van der Waals surface area (Å²) in [6, 6.07) is 14.7. The summed E-state index contributed by atoms with van der Waals surface area (Å²) >= 11 is 0. The number of allylic oxidation sites excluding steroid dienone is 1. The van der Waals surface area contributed by atoms with Gasteiger partial charge in [0, 0.05) is 29.6 Å². The van der Waals surface area contributed by atoms with Gasteiger partial charge in [-0.25, -0.2) is 17.6 Å². The molecule has 0 fully saturated rings. The van der Waals surface area contributed by atoms with E-state index in [4.69, 9.17) is 5.26 Å². The maximum atomic E-state index is 14.9. The zero-order valence-electron chi connectivity index (χ0n) is 21.2. The number of nitriles is 1. The van der Waals surface area contributed by atoms with Gasteiger partial charge in [0.15, 0.2) is 0 Å². The van der Waals surface area contributed by atoms with Gasteiger partial charge in [-0.05, 0) is 71.7 Å². The fourth-order valence-electron chi connectivity index (χ4n) is 4.29. The van der Waals surface area contributed by atoms with Crippen molar-refractivity contribution in [1.82, 2.24) is 5.32 Å². The molecule has 0 radical (unpaired) electrons. The van der Waals surface area contributed by atoms with Crippen LogP contribution in [0, 0.1) is 34.6 Å². The Labute approximate surface area is 230 Å². The van der Waals surface area contributed by atoms with Crippen LogP contribution in [0.4, 0.5) is 26.3 Å². The summed E-state index contributed by atoms with van der Waals surface area (Å²) in [5.41, 5.74) is 0.0148. The number of rotatable bonds is 6. The van der Waals surface area contributed by atoms with Crippen molar-refractivity contribution in [2.45, 2.75) is 19.2 Å². The second-order valence-electron chi connectivity index (χ2n) is 9.24. The molecule has 206 valence electrons. The van der Waals surface area contributed by atoms with E-state index in [0.717, 1.165) is 48.0 Å². The van der Waals surface area contributed by atoms with Gasteiger partial charge in [-0.1, -0.05) is 24.3 Å². The number of alkyl halides is 2. The van der Waals surface area contributed by atoms with Crippen molar-refractivity contribution >= 4 is 6.21 Å². The molecule has 0 amide bonds. The highest BCUT2D eigenvalue weighted by molar-refractivity contribution is 5.78. The van der Waals surface area contributed by atoms with Gasteiger partial charge in [-0.3, -0.25) is 4.99 Å². The van der Waals surface area contributed by atoms with Crippen molar-refractivity contribution in [3.05, 3.63) is 125 Å². The predicted molar refractivity (Wildman–Crippen MR) is 141 cm³/mol. The lowest BCUT2D eigenvalue weighted by Gasteiger charge is -2.20. The minimum absolute atomic E-state index is 0.00755. The minimum Gasteiger partial charge on any atom is -0.429 e. The van der Waals surface area contributed by atoms with Crippen molar-refractivity contribution in [1.29, 1.82) is 5.26 Å². The lowest BCUT2D eigenvalue weighted by molar-refractivity contribution is -0.187. The van der Waals surface area contributed by atoms with E-state index >= 15 is 0 Å². The fourth-order valence-corrected chi connectivity index (χ4v) is 4.29. The Morgan fingerprint density at radius 1 is 0.805 bits per heavy atom. The number of nitrogens with zero attached hydrogens (tertiary/aromatic N) is 2. The molecule has 0 saturated carbocycles. The third kappa shape index (κ3) is 5.65. The van der Waals surface area contributed by atoms with Gasteiger partial charge in [0.25, 0.3) is 0 Å². The minimum atomic E-state index is -4.21. The van der Waals surface area contributed by atoms with Crippen LogP contribution < -0.4 is 10.1 Å². The second-order valence-corrected chi connectivity index (χ2v) is 9.24. The van der Waals surface area contributed by atoms with Crippen LogP contribution in [-0.4, -0.2) is 6.21 Å². The Bertz CT molecular complexity index is 1760. The van der Waals surface area contributed by atoms with Crippen LogP contribution in [0.2, 0.25) is 0 Å². The molecule has 0 spiro atoms. The van der Waals surface area contributed by atoms with E-state index in [1.54, 1.807) is 24.6 Å². The second kappa shape index (κ2) is 10.8. The number of hydrogen-bond donors (Lipinski definition) is 1. The number of ether oxygens (including phenoxy) is 1. The Balaban J connectivity index is 1.35. The lowest BCUT2D eigenvalue weighted by Crippen LogP contribution is -2.23. The van der Waals surface area contributed by atoms with Gasteiger partial charge in [0.05, 0.1) is 11.1 Å². The Morgan fingerprint density at radius 2 is 1.46 bits per heavy atom. The van der Waals surface area contributed by atoms with Crippen molar-refractivity contribution in [2.24, 2.45) is 4.99 Å². The van der Waals surface area contributed by atoms with E-state index < -0.39 is 46.9 Å². The van der Waals surface area contributed by atoms with Gasteiger partial charge in [0.2, 0.25) is 0 Å². The highest BCUT2D eigenvalue weighted by Crippen LogP contribution is 2.37. The molecular formula is C31H19F6N3O. The number of benzene rings is 4. The number of aliphatic imine (C=N–C) groups is 1.